The number of nitrogens with zero attached hydrogens (tertiary/aromatic N) is 4. The maximum atomic E-state index is 6.27. The van der Waals surface area contributed by atoms with Gasteiger partial charge in [-0.15, -0.1) is 0 Å². The van der Waals surface area contributed by atoms with Crippen LogP contribution in [0.2, 0.25) is 0 Å². The minimum absolute atomic E-state index is 0.596. The highest BCUT2D eigenvalue weighted by molar-refractivity contribution is 6.12. The van der Waals surface area contributed by atoms with Gasteiger partial charge in [-0.2, -0.15) is 0 Å². The van der Waals surface area contributed by atoms with Gasteiger partial charge in [0.25, 0.3) is 0 Å². The third-order valence-electron chi connectivity index (χ3n) is 11.6. The minimum Gasteiger partial charge on any atom is -0.456 e. The molecule has 0 unspecified atom stereocenters. The lowest BCUT2D eigenvalue weighted by Crippen LogP contribution is -2.00. The summed E-state index contributed by atoms with van der Waals surface area (Å²) < 4.78 is 8.66. The second-order valence-electron chi connectivity index (χ2n) is 15.2. The van der Waals surface area contributed by atoms with Crippen LogP contribution >= 0.6 is 0 Å². The van der Waals surface area contributed by atoms with Crippen LogP contribution in [0.4, 0.5) is 0 Å². The predicted molar refractivity (Wildman–Crippen MR) is 246 cm³/mol. The molecular formula is C55H34N4O. The van der Waals surface area contributed by atoms with Gasteiger partial charge in [0.15, 0.2) is 17.5 Å². The zero-order valence-corrected chi connectivity index (χ0v) is 32.3. The Morgan fingerprint density at radius 3 is 1.82 bits per heavy atom. The largest absolute Gasteiger partial charge is 0.456 e. The molecule has 0 aliphatic carbocycles. The number of hydrogen-bond acceptors (Lipinski definition) is 4. The van der Waals surface area contributed by atoms with Gasteiger partial charge in [0, 0.05) is 43.9 Å². The summed E-state index contributed by atoms with van der Waals surface area (Å²) in [5, 5.41) is 6.78. The van der Waals surface area contributed by atoms with Gasteiger partial charge in [0.1, 0.15) is 11.2 Å². The van der Waals surface area contributed by atoms with Crippen molar-refractivity contribution in [2.24, 2.45) is 0 Å². The van der Waals surface area contributed by atoms with Crippen LogP contribution in [0.1, 0.15) is 0 Å². The molecule has 0 spiro atoms. The molecule has 12 rings (SSSR count). The number of rotatable bonds is 6. The van der Waals surface area contributed by atoms with Crippen LogP contribution in [0.15, 0.2) is 211 Å². The summed E-state index contributed by atoms with van der Waals surface area (Å²) in [7, 11) is 0. The van der Waals surface area contributed by atoms with Gasteiger partial charge in [-0.1, -0.05) is 164 Å². The maximum Gasteiger partial charge on any atom is 0.164 e. The van der Waals surface area contributed by atoms with Gasteiger partial charge in [-0.25, -0.2) is 15.0 Å². The standard InChI is InChI=1S/C55H34N4O/c1-2-12-35(13-3-1)41-30-31-45-44-18-6-8-21-48(44)59(49(45)34-41)43-17-10-16-40(33-43)37-24-27-38(28-25-37)53-56-54(42-29-26-36-14-4-5-15-39(36)32-42)58-55(57-53)47-20-11-23-51-52(47)46-19-7-9-22-50(46)60-51/h1-34H. The summed E-state index contributed by atoms with van der Waals surface area (Å²) in [6.45, 7) is 0. The molecule has 60 heavy (non-hydrogen) atoms. The Hall–Kier alpha value is -8.15. The first kappa shape index (κ1) is 33.9. The molecule has 5 heteroatoms. The van der Waals surface area contributed by atoms with Crippen LogP contribution in [-0.4, -0.2) is 19.5 Å². The summed E-state index contributed by atoms with van der Waals surface area (Å²) in [6, 6.07) is 72.4. The van der Waals surface area contributed by atoms with E-state index in [-0.39, 0.29) is 0 Å². The van der Waals surface area contributed by atoms with Gasteiger partial charge in [0.2, 0.25) is 0 Å². The second kappa shape index (κ2) is 13.8. The Kier molecular flexibility index (Phi) is 7.78. The van der Waals surface area contributed by atoms with Crippen LogP contribution in [0.25, 0.3) is 117 Å². The highest BCUT2D eigenvalue weighted by Crippen LogP contribution is 2.38. The zero-order valence-electron chi connectivity index (χ0n) is 32.3. The quantitative estimate of drug-likeness (QED) is 0.169. The fourth-order valence-electron chi connectivity index (χ4n) is 8.74. The zero-order chi connectivity index (χ0) is 39.6. The summed E-state index contributed by atoms with van der Waals surface area (Å²) in [4.78, 5) is 15.4. The van der Waals surface area contributed by atoms with Gasteiger partial charge < -0.3 is 8.98 Å². The summed E-state index contributed by atoms with van der Waals surface area (Å²) in [5.41, 5.74) is 12.4. The molecule has 0 aliphatic heterocycles. The normalized spacial score (nSPS) is 11.7. The SMILES string of the molecule is c1ccc(-c2ccc3c4ccccc4n(-c4cccc(-c5ccc(-c6nc(-c7ccc8ccccc8c7)nc(-c7cccc8oc9ccccc9c78)n6)cc5)c4)c3c2)cc1. The average molecular weight is 767 g/mol. The molecule has 0 N–H and O–H groups in total. The third-order valence-corrected chi connectivity index (χ3v) is 11.6. The van der Waals surface area contributed by atoms with E-state index in [4.69, 9.17) is 19.4 Å². The first-order valence-electron chi connectivity index (χ1n) is 20.2. The first-order valence-corrected chi connectivity index (χ1v) is 20.2. The minimum atomic E-state index is 0.596. The van der Waals surface area contributed by atoms with Crippen molar-refractivity contribution in [3.05, 3.63) is 206 Å². The van der Waals surface area contributed by atoms with Crippen molar-refractivity contribution in [3.8, 4) is 62.1 Å². The van der Waals surface area contributed by atoms with Crippen LogP contribution in [0, 0.1) is 0 Å². The van der Waals surface area contributed by atoms with E-state index in [1.807, 2.05) is 30.3 Å². The van der Waals surface area contributed by atoms with Crippen LogP contribution < -0.4 is 0 Å². The fourth-order valence-corrected chi connectivity index (χ4v) is 8.74. The lowest BCUT2D eigenvalue weighted by atomic mass is 10.0. The molecule has 3 aromatic heterocycles. The third kappa shape index (κ3) is 5.67. The molecule has 0 radical (unpaired) electrons. The van der Waals surface area contributed by atoms with Crippen LogP contribution in [0.3, 0.4) is 0 Å². The molecule has 0 saturated heterocycles. The highest BCUT2D eigenvalue weighted by Gasteiger charge is 2.19. The van der Waals surface area contributed by atoms with E-state index >= 15 is 0 Å². The lowest BCUT2D eigenvalue weighted by molar-refractivity contribution is 0.669. The summed E-state index contributed by atoms with van der Waals surface area (Å²) in [6.07, 6.45) is 0. The van der Waals surface area contributed by atoms with E-state index < -0.39 is 0 Å². The molecular weight excluding hydrogens is 733 g/mol. The Morgan fingerprint density at radius 1 is 0.333 bits per heavy atom. The lowest BCUT2D eigenvalue weighted by Gasteiger charge is -2.12. The number of benzene rings is 9. The van der Waals surface area contributed by atoms with Crippen molar-refractivity contribution in [1.82, 2.24) is 19.5 Å². The molecule has 280 valence electrons. The van der Waals surface area contributed by atoms with E-state index in [9.17, 15) is 0 Å². The predicted octanol–water partition coefficient (Wildman–Crippen LogP) is 14.4. The van der Waals surface area contributed by atoms with E-state index in [0.717, 1.165) is 60.8 Å². The Balaban J connectivity index is 0.970. The molecule has 5 nitrogen and oxygen atoms in total. The first-order chi connectivity index (χ1) is 29.7. The molecule has 0 saturated carbocycles. The topological polar surface area (TPSA) is 56.7 Å². The van der Waals surface area contributed by atoms with Gasteiger partial charge in [-0.3, -0.25) is 0 Å². The monoisotopic (exact) mass is 766 g/mol. The fraction of sp³-hybridized carbons (Fsp3) is 0. The molecule has 0 amide bonds. The molecule has 3 heterocycles. The molecule has 12 aromatic rings. The van der Waals surface area contributed by atoms with Crippen LogP contribution in [-0.2, 0) is 0 Å². The Labute approximate surface area is 345 Å². The summed E-state index contributed by atoms with van der Waals surface area (Å²) in [5.74, 6) is 1.82. The Morgan fingerprint density at radius 2 is 0.933 bits per heavy atom. The van der Waals surface area contributed by atoms with Gasteiger partial charge >= 0.3 is 0 Å². The van der Waals surface area contributed by atoms with Crippen LogP contribution in [0.5, 0.6) is 0 Å². The van der Waals surface area contributed by atoms with E-state index in [0.29, 0.717) is 17.5 Å². The number of furan rings is 1. The average Bonchev–Trinajstić information content (AvgIpc) is 3.87. The maximum absolute atomic E-state index is 6.27. The van der Waals surface area contributed by atoms with Crippen molar-refractivity contribution < 1.29 is 4.42 Å². The van der Waals surface area contributed by atoms with Crippen molar-refractivity contribution in [3.63, 3.8) is 0 Å². The van der Waals surface area contributed by atoms with Crippen molar-refractivity contribution in [2.45, 2.75) is 0 Å². The van der Waals surface area contributed by atoms with Crippen molar-refractivity contribution in [1.29, 1.82) is 0 Å². The van der Waals surface area contributed by atoms with E-state index in [1.54, 1.807) is 0 Å². The van der Waals surface area contributed by atoms with Crippen molar-refractivity contribution in [2.75, 3.05) is 0 Å². The van der Waals surface area contributed by atoms with Gasteiger partial charge in [-0.05, 0) is 75.5 Å². The highest BCUT2D eigenvalue weighted by atomic mass is 16.3. The smallest absolute Gasteiger partial charge is 0.164 e. The molecule has 9 aromatic carbocycles. The molecule has 0 aliphatic rings. The Bertz CT molecular complexity index is 3600. The van der Waals surface area contributed by atoms with Crippen molar-refractivity contribution >= 4 is 54.5 Å². The number of aromatic nitrogens is 4. The van der Waals surface area contributed by atoms with Gasteiger partial charge in [0.05, 0.1) is 11.0 Å². The van der Waals surface area contributed by atoms with E-state index in [1.165, 1.54) is 38.3 Å². The number of fused-ring (bicyclic) bond motifs is 7. The molecule has 0 atom stereocenters. The molecule has 0 bridgehead atoms. The number of para-hydroxylation sites is 2. The summed E-state index contributed by atoms with van der Waals surface area (Å²) >= 11 is 0. The second-order valence-corrected chi connectivity index (χ2v) is 15.2. The van der Waals surface area contributed by atoms with E-state index in [2.05, 4.69) is 180 Å². The number of hydrogen-bond donors (Lipinski definition) is 0. The molecule has 0 fully saturated rings.